The van der Waals surface area contributed by atoms with Gasteiger partial charge in [-0.15, -0.1) is 0 Å². The number of anilines is 1. The Kier molecular flexibility index (Phi) is 4.94. The highest BCUT2D eigenvalue weighted by Crippen LogP contribution is 2.38. The van der Waals surface area contributed by atoms with Gasteiger partial charge in [0.2, 0.25) is 11.8 Å². The second-order valence-electron chi connectivity index (χ2n) is 8.33. The Balaban J connectivity index is 1.25. The number of rotatable bonds is 4. The summed E-state index contributed by atoms with van der Waals surface area (Å²) in [6, 6.07) is 2.29. The smallest absolute Gasteiger partial charge is 0.417 e. The lowest BCUT2D eigenvalue weighted by molar-refractivity contribution is -0.137. The van der Waals surface area contributed by atoms with E-state index in [4.69, 9.17) is 4.74 Å². The topological polar surface area (TPSA) is 71.5 Å². The van der Waals surface area contributed by atoms with Crippen molar-refractivity contribution >= 4 is 11.7 Å². The van der Waals surface area contributed by atoms with E-state index >= 15 is 0 Å². The maximum atomic E-state index is 12.8. The van der Waals surface area contributed by atoms with Gasteiger partial charge >= 0.3 is 6.18 Å². The summed E-state index contributed by atoms with van der Waals surface area (Å²) in [6.45, 7) is 1.38. The van der Waals surface area contributed by atoms with E-state index in [2.05, 4.69) is 15.0 Å². The third-order valence-corrected chi connectivity index (χ3v) is 6.05. The molecule has 2 aromatic rings. The predicted octanol–water partition coefficient (Wildman–Crippen LogP) is 3.03. The van der Waals surface area contributed by atoms with E-state index in [0.29, 0.717) is 43.7 Å². The zero-order valence-electron chi connectivity index (χ0n) is 16.8. The third kappa shape index (κ3) is 4.28. The van der Waals surface area contributed by atoms with Crippen LogP contribution in [0.2, 0.25) is 0 Å². The molecule has 2 aromatic heterocycles. The molecule has 3 fully saturated rings. The fourth-order valence-electron chi connectivity index (χ4n) is 4.25. The van der Waals surface area contributed by atoms with Crippen molar-refractivity contribution < 1.29 is 22.7 Å². The molecule has 3 aliphatic rings. The van der Waals surface area contributed by atoms with Crippen LogP contribution in [0.15, 0.2) is 30.7 Å². The molecule has 5 rings (SSSR count). The number of hydrogen-bond donors (Lipinski definition) is 0. The molecule has 2 unspecified atom stereocenters. The van der Waals surface area contributed by atoms with E-state index in [0.717, 1.165) is 30.8 Å². The van der Waals surface area contributed by atoms with Crippen LogP contribution in [-0.4, -0.2) is 57.5 Å². The number of carbonyl (C=O) groups is 1. The van der Waals surface area contributed by atoms with Crippen LogP contribution in [0.5, 0.6) is 5.88 Å². The number of ether oxygens (including phenoxy) is 1. The Labute approximate surface area is 177 Å². The van der Waals surface area contributed by atoms with Crippen LogP contribution < -0.4 is 9.64 Å². The van der Waals surface area contributed by atoms with Crippen molar-refractivity contribution in [2.24, 2.45) is 0 Å². The van der Waals surface area contributed by atoms with Crippen molar-refractivity contribution in [2.45, 2.75) is 49.9 Å². The second-order valence-corrected chi connectivity index (χ2v) is 8.33. The Morgan fingerprint density at radius 2 is 1.87 bits per heavy atom. The van der Waals surface area contributed by atoms with E-state index in [1.807, 2.05) is 4.90 Å². The lowest BCUT2D eigenvalue weighted by Crippen LogP contribution is -2.38. The zero-order valence-corrected chi connectivity index (χ0v) is 16.8. The van der Waals surface area contributed by atoms with E-state index in [1.54, 1.807) is 17.3 Å². The molecule has 31 heavy (non-hydrogen) atoms. The minimum absolute atomic E-state index is 0.0145. The number of pyridine rings is 1. The van der Waals surface area contributed by atoms with Crippen LogP contribution in [0.25, 0.3) is 0 Å². The molecule has 2 aliphatic heterocycles. The van der Waals surface area contributed by atoms with E-state index in [1.165, 1.54) is 6.07 Å². The normalized spacial score (nSPS) is 24.2. The zero-order chi connectivity index (χ0) is 21.6. The first-order chi connectivity index (χ1) is 14.9. The number of alkyl halides is 3. The molecule has 10 heteroatoms. The number of aromatic nitrogens is 3. The average Bonchev–Trinajstić information content (AvgIpc) is 3.54. The maximum absolute atomic E-state index is 12.8. The van der Waals surface area contributed by atoms with Crippen molar-refractivity contribution in [3.8, 4) is 5.88 Å². The highest BCUT2D eigenvalue weighted by molar-refractivity contribution is 5.78. The van der Waals surface area contributed by atoms with Gasteiger partial charge in [-0.3, -0.25) is 9.78 Å². The molecule has 0 bridgehead atoms. The molecule has 2 saturated heterocycles. The number of carbonyl (C=O) groups excluding carboxylic acids is 1. The third-order valence-electron chi connectivity index (χ3n) is 6.05. The van der Waals surface area contributed by atoms with Crippen LogP contribution in [0.3, 0.4) is 0 Å². The van der Waals surface area contributed by atoms with Crippen molar-refractivity contribution in [2.75, 3.05) is 24.5 Å². The minimum atomic E-state index is -4.42. The van der Waals surface area contributed by atoms with Gasteiger partial charge in [0, 0.05) is 38.0 Å². The number of amides is 1. The molecule has 1 amide bonds. The SMILES string of the molecule is O=C1CCN(c2ccc(C(F)(F)F)cn2)CC2CC(Oc3cnc(C4CC4)cn3)CN12. The summed E-state index contributed by atoms with van der Waals surface area (Å²) in [4.78, 5) is 29.1. The molecule has 0 radical (unpaired) electrons. The minimum Gasteiger partial charge on any atom is -0.471 e. The molecule has 7 nitrogen and oxygen atoms in total. The van der Waals surface area contributed by atoms with E-state index in [-0.39, 0.29) is 24.5 Å². The molecule has 2 atom stereocenters. The van der Waals surface area contributed by atoms with Gasteiger partial charge in [0.1, 0.15) is 11.9 Å². The van der Waals surface area contributed by atoms with Gasteiger partial charge in [-0.25, -0.2) is 9.97 Å². The number of hydrogen-bond acceptors (Lipinski definition) is 6. The fourth-order valence-corrected chi connectivity index (χ4v) is 4.25. The van der Waals surface area contributed by atoms with Gasteiger partial charge in [0.25, 0.3) is 0 Å². The second kappa shape index (κ2) is 7.65. The Morgan fingerprint density at radius 1 is 1.03 bits per heavy atom. The van der Waals surface area contributed by atoms with Crippen LogP contribution in [0.4, 0.5) is 19.0 Å². The highest BCUT2D eigenvalue weighted by Gasteiger charge is 2.40. The van der Waals surface area contributed by atoms with Gasteiger partial charge in [-0.1, -0.05) is 0 Å². The number of fused-ring (bicyclic) bond motifs is 1. The summed E-state index contributed by atoms with van der Waals surface area (Å²) in [6.07, 6.45) is 2.81. The van der Waals surface area contributed by atoms with Crippen LogP contribution >= 0.6 is 0 Å². The molecular weight excluding hydrogens is 411 g/mol. The molecule has 1 saturated carbocycles. The van der Waals surface area contributed by atoms with Gasteiger partial charge < -0.3 is 14.5 Å². The van der Waals surface area contributed by atoms with Gasteiger partial charge in [0.05, 0.1) is 36.2 Å². The predicted molar refractivity (Wildman–Crippen MR) is 105 cm³/mol. The van der Waals surface area contributed by atoms with Crippen molar-refractivity contribution in [3.05, 3.63) is 42.0 Å². The fraction of sp³-hybridized carbons (Fsp3) is 0.524. The quantitative estimate of drug-likeness (QED) is 0.738. The van der Waals surface area contributed by atoms with Gasteiger partial charge in [-0.05, 0) is 25.0 Å². The molecule has 0 spiro atoms. The first-order valence-electron chi connectivity index (χ1n) is 10.4. The summed E-state index contributed by atoms with van der Waals surface area (Å²) in [5, 5.41) is 0. The van der Waals surface area contributed by atoms with Gasteiger partial charge in [-0.2, -0.15) is 13.2 Å². The Bertz CT molecular complexity index is 947. The molecular formula is C21H22F3N5O2. The van der Waals surface area contributed by atoms with Gasteiger partial charge in [0.15, 0.2) is 0 Å². The number of halogens is 3. The summed E-state index contributed by atoms with van der Waals surface area (Å²) in [7, 11) is 0. The van der Waals surface area contributed by atoms with E-state index < -0.39 is 11.7 Å². The average molecular weight is 433 g/mol. The molecule has 1 aliphatic carbocycles. The monoisotopic (exact) mass is 433 g/mol. The summed E-state index contributed by atoms with van der Waals surface area (Å²) >= 11 is 0. The molecule has 4 heterocycles. The van der Waals surface area contributed by atoms with Crippen molar-refractivity contribution in [1.82, 2.24) is 19.9 Å². The van der Waals surface area contributed by atoms with Crippen LogP contribution in [0.1, 0.15) is 42.9 Å². The first-order valence-corrected chi connectivity index (χ1v) is 10.4. The standard InChI is InChI=1S/C21H22F3N5O2/c22-21(23,24)14-3-4-18(26-8-14)28-6-5-20(30)29-12-16(7-15(29)11-28)31-19-10-25-17(9-27-19)13-1-2-13/h3-4,8-10,13,15-16H,1-2,5-7,11-12H2. The van der Waals surface area contributed by atoms with E-state index in [9.17, 15) is 18.0 Å². The lowest BCUT2D eigenvalue weighted by atomic mass is 10.2. The number of nitrogens with zero attached hydrogens (tertiary/aromatic N) is 5. The van der Waals surface area contributed by atoms with Crippen molar-refractivity contribution in [3.63, 3.8) is 0 Å². The Hall–Kier alpha value is -2.91. The summed E-state index contributed by atoms with van der Waals surface area (Å²) in [5.74, 6) is 1.42. The molecule has 164 valence electrons. The molecule has 0 aromatic carbocycles. The largest absolute Gasteiger partial charge is 0.471 e. The van der Waals surface area contributed by atoms with Crippen LogP contribution in [-0.2, 0) is 11.0 Å². The Morgan fingerprint density at radius 3 is 2.52 bits per heavy atom. The lowest BCUT2D eigenvalue weighted by Gasteiger charge is -2.26. The highest BCUT2D eigenvalue weighted by atomic mass is 19.4. The summed E-state index contributed by atoms with van der Waals surface area (Å²) in [5.41, 5.74) is 0.203. The summed E-state index contributed by atoms with van der Waals surface area (Å²) < 4.78 is 44.4. The maximum Gasteiger partial charge on any atom is 0.417 e. The van der Waals surface area contributed by atoms with Crippen LogP contribution in [0, 0.1) is 0 Å². The molecule has 0 N–H and O–H groups in total. The first kappa shape index (κ1) is 20.0. The van der Waals surface area contributed by atoms with Crippen molar-refractivity contribution in [1.29, 1.82) is 0 Å².